The van der Waals surface area contributed by atoms with Crippen LogP contribution in [0, 0.1) is 0 Å². The Kier molecular flexibility index (Phi) is 3.52. The lowest BCUT2D eigenvalue weighted by molar-refractivity contribution is 1.37. The smallest absolute Gasteiger partial charge is 0.0347 e. The molecule has 8 rings (SSSR count). The largest absolute Gasteiger partial charge is 0.263 e. The van der Waals surface area contributed by atoms with Crippen molar-refractivity contribution in [1.82, 2.24) is 19.9 Å². The van der Waals surface area contributed by atoms with Crippen LogP contribution in [0.15, 0.2) is 98.1 Å². The third-order valence-electron chi connectivity index (χ3n) is 6.29. The van der Waals surface area contributed by atoms with Gasteiger partial charge in [-0.2, -0.15) is 0 Å². The summed E-state index contributed by atoms with van der Waals surface area (Å²) in [6.07, 6.45) is 15.3. The molecule has 32 heavy (non-hydrogen) atoms. The summed E-state index contributed by atoms with van der Waals surface area (Å²) in [6.45, 7) is 0. The molecule has 0 N–H and O–H groups in total. The third kappa shape index (κ3) is 2.44. The van der Waals surface area contributed by atoms with E-state index >= 15 is 0 Å². The van der Waals surface area contributed by atoms with Gasteiger partial charge in [-0.1, -0.05) is 48.5 Å². The minimum atomic E-state index is 1.20. The maximum Gasteiger partial charge on any atom is 0.0347 e. The monoisotopic (exact) mass is 408 g/mol. The molecular formula is C28H16N4. The van der Waals surface area contributed by atoms with Gasteiger partial charge in [0.15, 0.2) is 0 Å². The van der Waals surface area contributed by atoms with Gasteiger partial charge in [0, 0.05) is 114 Å². The molecule has 0 atom stereocenters. The molecule has 0 aliphatic heterocycles. The molecule has 0 unspecified atom stereocenters. The molecule has 4 heteroatoms. The molecule has 0 bridgehead atoms. The number of benzene rings is 4. The Labute approximate surface area is 182 Å². The van der Waals surface area contributed by atoms with Gasteiger partial charge in [-0.15, -0.1) is 0 Å². The Morgan fingerprint density at radius 3 is 0.562 bits per heavy atom. The zero-order valence-electron chi connectivity index (χ0n) is 17.0. The molecule has 4 nitrogen and oxygen atoms in total. The first-order chi connectivity index (χ1) is 15.9. The lowest BCUT2D eigenvalue weighted by Crippen LogP contribution is -1.85. The maximum atomic E-state index is 4.25. The summed E-state index contributed by atoms with van der Waals surface area (Å²) in [4.78, 5) is 17.0. The Balaban J connectivity index is 0.000000113. The normalized spacial score (nSPS) is 11.8. The maximum absolute atomic E-state index is 4.25. The molecule has 0 radical (unpaired) electrons. The second-order valence-electron chi connectivity index (χ2n) is 8.11. The number of pyridine rings is 4. The minimum Gasteiger partial charge on any atom is -0.263 e. The summed E-state index contributed by atoms with van der Waals surface area (Å²) in [5, 5.41) is 14.8. The third-order valence-corrected chi connectivity index (χ3v) is 6.29. The summed E-state index contributed by atoms with van der Waals surface area (Å²) in [7, 11) is 0. The van der Waals surface area contributed by atoms with Crippen molar-refractivity contribution in [3.05, 3.63) is 98.1 Å². The summed E-state index contributed by atoms with van der Waals surface area (Å²) >= 11 is 0. The molecule has 8 aromatic rings. The molecule has 0 aliphatic rings. The van der Waals surface area contributed by atoms with E-state index in [9.17, 15) is 0 Å². The highest BCUT2D eigenvalue weighted by atomic mass is 14.6. The van der Waals surface area contributed by atoms with Gasteiger partial charge in [0.1, 0.15) is 0 Å². The van der Waals surface area contributed by atoms with Crippen LogP contribution in [0.4, 0.5) is 0 Å². The van der Waals surface area contributed by atoms with Gasteiger partial charge in [-0.25, -0.2) is 0 Å². The van der Waals surface area contributed by atoms with E-state index in [0.29, 0.717) is 0 Å². The first kappa shape index (κ1) is 17.3. The van der Waals surface area contributed by atoms with Crippen LogP contribution in [-0.2, 0) is 0 Å². The van der Waals surface area contributed by atoms with Gasteiger partial charge < -0.3 is 0 Å². The van der Waals surface area contributed by atoms with Gasteiger partial charge in [0.25, 0.3) is 0 Å². The van der Waals surface area contributed by atoms with Gasteiger partial charge >= 0.3 is 0 Å². The fourth-order valence-corrected chi connectivity index (χ4v) is 4.86. The van der Waals surface area contributed by atoms with Crippen LogP contribution in [0.5, 0.6) is 0 Å². The molecule has 4 aromatic carbocycles. The fourth-order valence-electron chi connectivity index (χ4n) is 4.86. The van der Waals surface area contributed by atoms with E-state index in [4.69, 9.17) is 0 Å². The van der Waals surface area contributed by atoms with E-state index in [1.54, 1.807) is 0 Å². The van der Waals surface area contributed by atoms with Gasteiger partial charge in [-0.05, 0) is 0 Å². The molecule has 4 aromatic heterocycles. The van der Waals surface area contributed by atoms with Crippen LogP contribution in [0.1, 0.15) is 0 Å². The predicted octanol–water partition coefficient (Wildman–Crippen LogP) is 6.75. The molecule has 0 spiro atoms. The predicted molar refractivity (Wildman–Crippen MR) is 131 cm³/mol. The van der Waals surface area contributed by atoms with Crippen LogP contribution in [-0.4, -0.2) is 19.9 Å². The second-order valence-corrected chi connectivity index (χ2v) is 8.11. The van der Waals surface area contributed by atoms with Crippen LogP contribution < -0.4 is 0 Å². The van der Waals surface area contributed by atoms with E-state index in [-0.39, 0.29) is 0 Å². The number of nitrogens with zero attached hydrogens (tertiary/aromatic N) is 4. The molecule has 0 fully saturated rings. The Hall–Kier alpha value is -4.44. The lowest BCUT2D eigenvalue weighted by Gasteiger charge is -2.08. The molecule has 4 heterocycles. The molecule has 0 aliphatic carbocycles. The standard InChI is InChI=1S/2C14H8N2/c2*1-2-10-6-16-8-12-4-3-11-7-15-5-9(1)13(11)14(10)12/h2*1-8H. The highest BCUT2D eigenvalue weighted by Gasteiger charge is 2.08. The van der Waals surface area contributed by atoms with Gasteiger partial charge in [0.2, 0.25) is 0 Å². The van der Waals surface area contributed by atoms with E-state index in [1.807, 2.05) is 49.6 Å². The second kappa shape index (κ2) is 6.53. The zero-order valence-corrected chi connectivity index (χ0v) is 17.0. The number of hydrogen-bond acceptors (Lipinski definition) is 4. The minimum absolute atomic E-state index is 1.20. The quantitative estimate of drug-likeness (QED) is 0.261. The lowest BCUT2D eigenvalue weighted by atomic mass is 9.98. The van der Waals surface area contributed by atoms with Crippen molar-refractivity contribution in [2.45, 2.75) is 0 Å². The molecule has 0 saturated carbocycles. The highest BCUT2D eigenvalue weighted by molar-refractivity contribution is 6.23. The van der Waals surface area contributed by atoms with Crippen molar-refractivity contribution >= 4 is 64.6 Å². The Morgan fingerprint density at radius 2 is 0.406 bits per heavy atom. The van der Waals surface area contributed by atoms with E-state index in [1.165, 1.54) is 64.6 Å². The SMILES string of the molecule is c1cc2cncc3ccc4cncc1c4c23.c1cc2cncc3ccc4cncc1c4c23. The Morgan fingerprint density at radius 1 is 0.250 bits per heavy atom. The van der Waals surface area contributed by atoms with Crippen LogP contribution in [0.3, 0.4) is 0 Å². The summed E-state index contributed by atoms with van der Waals surface area (Å²) in [5.74, 6) is 0. The average Bonchev–Trinajstić information content (AvgIpc) is 2.87. The highest BCUT2D eigenvalue weighted by Crippen LogP contribution is 2.33. The van der Waals surface area contributed by atoms with E-state index in [0.717, 1.165) is 0 Å². The van der Waals surface area contributed by atoms with E-state index < -0.39 is 0 Å². The van der Waals surface area contributed by atoms with Crippen molar-refractivity contribution < 1.29 is 0 Å². The zero-order chi connectivity index (χ0) is 21.1. The topological polar surface area (TPSA) is 51.6 Å². The number of hydrogen-bond donors (Lipinski definition) is 0. The first-order valence-electron chi connectivity index (χ1n) is 10.5. The van der Waals surface area contributed by atoms with Crippen molar-refractivity contribution in [3.63, 3.8) is 0 Å². The van der Waals surface area contributed by atoms with Crippen molar-refractivity contribution in [2.24, 2.45) is 0 Å². The van der Waals surface area contributed by atoms with Gasteiger partial charge in [0.05, 0.1) is 0 Å². The van der Waals surface area contributed by atoms with Crippen LogP contribution in [0.25, 0.3) is 64.6 Å². The molecule has 148 valence electrons. The van der Waals surface area contributed by atoms with Crippen LogP contribution >= 0.6 is 0 Å². The van der Waals surface area contributed by atoms with Crippen molar-refractivity contribution in [3.8, 4) is 0 Å². The molecule has 0 amide bonds. The summed E-state index contributed by atoms with van der Waals surface area (Å²) in [6, 6.07) is 16.9. The Bertz CT molecular complexity index is 1490. The number of rotatable bonds is 0. The average molecular weight is 408 g/mol. The fraction of sp³-hybridized carbons (Fsp3) is 0. The van der Waals surface area contributed by atoms with E-state index in [2.05, 4.69) is 68.5 Å². The van der Waals surface area contributed by atoms with Gasteiger partial charge in [-0.3, -0.25) is 19.9 Å². The molecular weight excluding hydrogens is 392 g/mol. The van der Waals surface area contributed by atoms with Crippen molar-refractivity contribution in [2.75, 3.05) is 0 Å². The molecule has 0 saturated heterocycles. The van der Waals surface area contributed by atoms with Crippen molar-refractivity contribution in [1.29, 1.82) is 0 Å². The number of aromatic nitrogens is 4. The van der Waals surface area contributed by atoms with Crippen LogP contribution in [0.2, 0.25) is 0 Å². The summed E-state index contributed by atoms with van der Waals surface area (Å²) < 4.78 is 0. The first-order valence-corrected chi connectivity index (χ1v) is 10.5. The summed E-state index contributed by atoms with van der Waals surface area (Å²) in [5.41, 5.74) is 0.